The quantitative estimate of drug-likeness (QED) is 0.690. The van der Waals surface area contributed by atoms with Gasteiger partial charge >= 0.3 is 0 Å². The Morgan fingerprint density at radius 3 is 3.12 bits per heavy atom. The first-order chi connectivity index (χ1) is 8.25. The fourth-order valence-electron chi connectivity index (χ4n) is 2.48. The van der Waals surface area contributed by atoms with Crippen LogP contribution in [0.25, 0.3) is 11.0 Å². The molecule has 0 aromatic carbocycles. The number of fused-ring (bicyclic) bond motifs is 1. The molecule has 0 bridgehead atoms. The predicted octanol–water partition coefficient (Wildman–Crippen LogP) is 1.25. The maximum absolute atomic E-state index is 5.96. The molecule has 0 spiro atoms. The third-order valence-corrected chi connectivity index (χ3v) is 3.62. The topological polar surface area (TPSA) is 79.6 Å². The van der Waals surface area contributed by atoms with Crippen LogP contribution in [0.5, 0.6) is 0 Å². The Hall–Kier alpha value is -1.62. The van der Waals surface area contributed by atoms with Crippen molar-refractivity contribution < 1.29 is 0 Å². The van der Waals surface area contributed by atoms with Crippen molar-refractivity contribution in [3.8, 4) is 0 Å². The van der Waals surface area contributed by atoms with Gasteiger partial charge in [-0.05, 0) is 24.9 Å². The van der Waals surface area contributed by atoms with Crippen LogP contribution in [-0.4, -0.2) is 28.0 Å². The Morgan fingerprint density at radius 1 is 1.41 bits per heavy atom. The zero-order valence-corrected chi connectivity index (χ0v) is 9.90. The molecule has 1 saturated heterocycles. The Bertz CT molecular complexity index is 533. The van der Waals surface area contributed by atoms with E-state index in [4.69, 9.17) is 5.73 Å². The molecule has 0 radical (unpaired) electrons. The van der Waals surface area contributed by atoms with E-state index in [0.29, 0.717) is 17.7 Å². The van der Waals surface area contributed by atoms with Gasteiger partial charge in [-0.25, -0.2) is 9.97 Å². The van der Waals surface area contributed by atoms with E-state index in [9.17, 15) is 0 Å². The number of nitrogens with two attached hydrogens (primary N) is 1. The number of aromatic amines is 1. The number of nitrogen functional groups attached to an aromatic ring is 1. The zero-order chi connectivity index (χ0) is 11.8. The highest BCUT2D eigenvalue weighted by atomic mass is 15.0. The number of rotatable bonds is 1. The van der Waals surface area contributed by atoms with Crippen LogP contribution in [0.3, 0.4) is 0 Å². The lowest BCUT2D eigenvalue weighted by molar-refractivity contribution is 0.338. The molecule has 3 heterocycles. The highest BCUT2D eigenvalue weighted by Crippen LogP contribution is 2.28. The van der Waals surface area contributed by atoms with Crippen molar-refractivity contribution in [3.05, 3.63) is 18.1 Å². The summed E-state index contributed by atoms with van der Waals surface area (Å²) in [7, 11) is 0. The molecule has 1 aliphatic rings. The van der Waals surface area contributed by atoms with Crippen LogP contribution in [0.4, 0.5) is 5.82 Å². The largest absolute Gasteiger partial charge is 0.383 e. The number of aromatic nitrogens is 3. The molecule has 0 amide bonds. The molecule has 17 heavy (non-hydrogen) atoms. The normalized spacial score (nSPS) is 25.2. The molecule has 5 heteroatoms. The molecule has 4 N–H and O–H groups in total. The molecule has 5 nitrogen and oxygen atoms in total. The minimum Gasteiger partial charge on any atom is -0.383 e. The summed E-state index contributed by atoms with van der Waals surface area (Å²) in [4.78, 5) is 12.1. The monoisotopic (exact) mass is 231 g/mol. The lowest BCUT2D eigenvalue weighted by atomic mass is 9.87. The number of nitrogens with one attached hydrogen (secondary N) is 2. The number of H-pyrrole nitrogens is 1. The minimum absolute atomic E-state index is 0.360. The van der Waals surface area contributed by atoms with Gasteiger partial charge < -0.3 is 16.0 Å². The summed E-state index contributed by atoms with van der Waals surface area (Å²) in [6.07, 6.45) is 3.01. The first-order valence-electron chi connectivity index (χ1n) is 6.07. The Balaban J connectivity index is 2.04. The standard InChI is InChI=1S/C12H17N5/c1-7-2-4-14-6-9(7)12-16-10(13)8-3-5-15-11(8)17-12/h3,5,7,9,14H,2,4,6H2,1H3,(H3,13,15,16,17)/t7-,9-/m1/s1. The SMILES string of the molecule is C[C@@H]1CCNC[C@H]1c1nc(N)c2cc[nH]c2n1. The molecule has 1 aliphatic heterocycles. The van der Waals surface area contributed by atoms with E-state index in [2.05, 4.69) is 27.2 Å². The van der Waals surface area contributed by atoms with Gasteiger partial charge in [-0.15, -0.1) is 0 Å². The van der Waals surface area contributed by atoms with Crippen molar-refractivity contribution in [2.75, 3.05) is 18.8 Å². The third-order valence-electron chi connectivity index (χ3n) is 3.62. The van der Waals surface area contributed by atoms with E-state index in [1.807, 2.05) is 12.3 Å². The second kappa shape index (κ2) is 4.00. The Kier molecular flexibility index (Phi) is 2.48. The predicted molar refractivity (Wildman–Crippen MR) is 67.7 cm³/mol. The number of piperidine rings is 1. The number of anilines is 1. The zero-order valence-electron chi connectivity index (χ0n) is 9.90. The number of nitrogens with zero attached hydrogens (tertiary/aromatic N) is 2. The maximum Gasteiger partial charge on any atom is 0.143 e. The lowest BCUT2D eigenvalue weighted by Crippen LogP contribution is -2.34. The first kappa shape index (κ1) is 10.5. The van der Waals surface area contributed by atoms with Crippen molar-refractivity contribution in [2.24, 2.45) is 5.92 Å². The van der Waals surface area contributed by atoms with Crippen molar-refractivity contribution in [3.63, 3.8) is 0 Å². The molecule has 2 aromatic rings. The molecule has 0 saturated carbocycles. The van der Waals surface area contributed by atoms with E-state index in [1.165, 1.54) is 0 Å². The van der Waals surface area contributed by atoms with Gasteiger partial charge in [0.1, 0.15) is 17.3 Å². The second-order valence-corrected chi connectivity index (χ2v) is 4.78. The van der Waals surface area contributed by atoms with Crippen LogP contribution in [0.15, 0.2) is 12.3 Å². The summed E-state index contributed by atoms with van der Waals surface area (Å²) >= 11 is 0. The number of hydrogen-bond donors (Lipinski definition) is 3. The summed E-state index contributed by atoms with van der Waals surface area (Å²) in [5.74, 6) is 2.39. The van der Waals surface area contributed by atoms with Gasteiger partial charge in [0.2, 0.25) is 0 Å². The summed E-state index contributed by atoms with van der Waals surface area (Å²) in [6, 6.07) is 1.91. The smallest absolute Gasteiger partial charge is 0.143 e. The lowest BCUT2D eigenvalue weighted by Gasteiger charge is -2.28. The first-order valence-corrected chi connectivity index (χ1v) is 6.07. The van der Waals surface area contributed by atoms with Crippen LogP contribution in [0.1, 0.15) is 25.1 Å². The van der Waals surface area contributed by atoms with Gasteiger partial charge in [0, 0.05) is 18.7 Å². The highest BCUT2D eigenvalue weighted by molar-refractivity contribution is 5.85. The van der Waals surface area contributed by atoms with Crippen LogP contribution >= 0.6 is 0 Å². The van der Waals surface area contributed by atoms with E-state index in [-0.39, 0.29) is 0 Å². The average Bonchev–Trinajstić information content (AvgIpc) is 2.78. The van der Waals surface area contributed by atoms with Gasteiger partial charge in [0.25, 0.3) is 0 Å². The molecular formula is C12H17N5. The fraction of sp³-hybridized carbons (Fsp3) is 0.500. The van der Waals surface area contributed by atoms with Crippen molar-refractivity contribution >= 4 is 16.9 Å². The Labute approximate surface area is 99.8 Å². The van der Waals surface area contributed by atoms with E-state index >= 15 is 0 Å². The summed E-state index contributed by atoms with van der Waals surface area (Å²) in [5, 5.41) is 4.30. The van der Waals surface area contributed by atoms with E-state index in [1.54, 1.807) is 0 Å². The van der Waals surface area contributed by atoms with Gasteiger partial charge in [-0.2, -0.15) is 0 Å². The van der Waals surface area contributed by atoms with Gasteiger partial charge in [0.05, 0.1) is 5.39 Å². The summed E-state index contributed by atoms with van der Waals surface area (Å²) in [6.45, 7) is 4.27. The molecule has 1 fully saturated rings. The molecule has 3 rings (SSSR count). The van der Waals surface area contributed by atoms with Crippen LogP contribution in [0.2, 0.25) is 0 Å². The van der Waals surface area contributed by atoms with Crippen LogP contribution in [0, 0.1) is 5.92 Å². The summed E-state index contributed by atoms with van der Waals surface area (Å²) < 4.78 is 0. The van der Waals surface area contributed by atoms with Crippen molar-refractivity contribution in [1.29, 1.82) is 0 Å². The third kappa shape index (κ3) is 1.76. The highest BCUT2D eigenvalue weighted by Gasteiger charge is 2.25. The average molecular weight is 231 g/mol. The van der Waals surface area contributed by atoms with Gasteiger partial charge in [-0.1, -0.05) is 6.92 Å². The van der Waals surface area contributed by atoms with E-state index in [0.717, 1.165) is 36.4 Å². The van der Waals surface area contributed by atoms with Crippen LogP contribution < -0.4 is 11.1 Å². The van der Waals surface area contributed by atoms with E-state index < -0.39 is 0 Å². The molecular weight excluding hydrogens is 214 g/mol. The molecule has 90 valence electrons. The molecule has 0 unspecified atom stereocenters. The molecule has 0 aliphatic carbocycles. The summed E-state index contributed by atoms with van der Waals surface area (Å²) in [5.41, 5.74) is 6.80. The van der Waals surface area contributed by atoms with Gasteiger partial charge in [-0.3, -0.25) is 0 Å². The number of hydrogen-bond acceptors (Lipinski definition) is 4. The Morgan fingerprint density at radius 2 is 2.29 bits per heavy atom. The van der Waals surface area contributed by atoms with Gasteiger partial charge in [0.15, 0.2) is 0 Å². The van der Waals surface area contributed by atoms with Crippen molar-refractivity contribution in [1.82, 2.24) is 20.3 Å². The minimum atomic E-state index is 0.360. The molecule has 2 aromatic heterocycles. The second-order valence-electron chi connectivity index (χ2n) is 4.78. The fourth-order valence-corrected chi connectivity index (χ4v) is 2.48. The maximum atomic E-state index is 5.96. The van der Waals surface area contributed by atoms with Crippen LogP contribution in [-0.2, 0) is 0 Å². The van der Waals surface area contributed by atoms with Crippen molar-refractivity contribution in [2.45, 2.75) is 19.3 Å². The molecule has 2 atom stereocenters.